The topological polar surface area (TPSA) is 81.4 Å². The molecule has 0 fully saturated rings. The molecule has 0 aliphatic heterocycles. The second kappa shape index (κ2) is 7.64. The molecule has 0 rings (SSSR count). The molecule has 82 valence electrons. The number of esters is 1. The van der Waals surface area contributed by atoms with Crippen LogP contribution in [0.2, 0.25) is 0 Å². The van der Waals surface area contributed by atoms with Crippen molar-refractivity contribution in [2.24, 2.45) is 5.84 Å². The zero-order valence-electron chi connectivity index (χ0n) is 8.41. The summed E-state index contributed by atoms with van der Waals surface area (Å²) in [5, 5.41) is -0.274. The van der Waals surface area contributed by atoms with Gasteiger partial charge >= 0.3 is 5.97 Å². The lowest BCUT2D eigenvalue weighted by molar-refractivity contribution is -0.137. The predicted octanol–water partition coefficient (Wildman–Crippen LogP) is 0.0512. The summed E-state index contributed by atoms with van der Waals surface area (Å²) in [5.74, 6) is 4.61. The number of rotatable bonds is 6. The minimum absolute atomic E-state index is 0.175. The fourth-order valence-electron chi connectivity index (χ4n) is 0.873. The summed E-state index contributed by atoms with van der Waals surface area (Å²) in [7, 11) is 1.32. The van der Waals surface area contributed by atoms with Crippen molar-refractivity contribution >= 4 is 23.6 Å². The van der Waals surface area contributed by atoms with Crippen molar-refractivity contribution in [3.05, 3.63) is 0 Å². The third-order valence-electron chi connectivity index (χ3n) is 1.62. The van der Waals surface area contributed by atoms with Crippen LogP contribution < -0.4 is 11.3 Å². The maximum atomic E-state index is 11.2. The van der Waals surface area contributed by atoms with Gasteiger partial charge in [0.15, 0.2) is 0 Å². The second-order valence-electron chi connectivity index (χ2n) is 2.67. The molecule has 14 heavy (non-hydrogen) atoms. The minimum Gasteiger partial charge on any atom is -0.468 e. The number of carbonyl (C=O) groups excluding carboxylic acids is 2. The molecule has 0 saturated carbocycles. The van der Waals surface area contributed by atoms with Crippen LogP contribution in [0.4, 0.5) is 0 Å². The summed E-state index contributed by atoms with van der Waals surface area (Å²) < 4.78 is 4.47. The number of nitrogens with two attached hydrogens (primary N) is 1. The Bertz CT molecular complexity index is 199. The standard InChI is InChI=1S/C8H16N2O3S/c1-3-4-6(8(12)10-9)14-5-7(11)13-2/h6H,3-5,9H2,1-2H3,(H,10,12). The molecule has 0 aliphatic rings. The van der Waals surface area contributed by atoms with E-state index in [1.807, 2.05) is 6.92 Å². The first-order chi connectivity index (χ1) is 6.65. The summed E-state index contributed by atoms with van der Waals surface area (Å²) in [6.45, 7) is 1.97. The van der Waals surface area contributed by atoms with Crippen molar-refractivity contribution in [3.63, 3.8) is 0 Å². The van der Waals surface area contributed by atoms with Gasteiger partial charge in [-0.15, -0.1) is 11.8 Å². The zero-order chi connectivity index (χ0) is 11.0. The highest BCUT2D eigenvalue weighted by Crippen LogP contribution is 2.16. The molecule has 0 saturated heterocycles. The van der Waals surface area contributed by atoms with Gasteiger partial charge in [0.25, 0.3) is 0 Å². The lowest BCUT2D eigenvalue weighted by atomic mass is 10.2. The minimum atomic E-state index is -0.332. The molecule has 0 bridgehead atoms. The number of amides is 1. The van der Waals surface area contributed by atoms with Gasteiger partial charge in [0, 0.05) is 0 Å². The van der Waals surface area contributed by atoms with Crippen molar-refractivity contribution in [2.45, 2.75) is 25.0 Å². The predicted molar refractivity (Wildman–Crippen MR) is 55.5 cm³/mol. The van der Waals surface area contributed by atoms with Gasteiger partial charge < -0.3 is 4.74 Å². The van der Waals surface area contributed by atoms with E-state index in [1.165, 1.54) is 18.9 Å². The lowest BCUT2D eigenvalue weighted by Crippen LogP contribution is -2.38. The first kappa shape index (κ1) is 13.2. The SMILES string of the molecule is CCCC(SCC(=O)OC)C(=O)NN. The van der Waals surface area contributed by atoms with Crippen molar-refractivity contribution in [1.29, 1.82) is 0 Å². The first-order valence-electron chi connectivity index (χ1n) is 4.34. The molecule has 3 N–H and O–H groups in total. The summed E-state index contributed by atoms with van der Waals surface area (Å²) >= 11 is 1.24. The molecule has 0 radical (unpaired) electrons. The molecule has 6 heteroatoms. The van der Waals surface area contributed by atoms with E-state index in [0.29, 0.717) is 6.42 Å². The van der Waals surface area contributed by atoms with Gasteiger partial charge in [0.2, 0.25) is 5.91 Å². The van der Waals surface area contributed by atoms with Crippen LogP contribution in [0.3, 0.4) is 0 Å². The van der Waals surface area contributed by atoms with E-state index in [0.717, 1.165) is 6.42 Å². The third-order valence-corrected chi connectivity index (χ3v) is 2.87. The van der Waals surface area contributed by atoms with E-state index in [2.05, 4.69) is 10.2 Å². The Morgan fingerprint density at radius 3 is 2.64 bits per heavy atom. The first-order valence-corrected chi connectivity index (χ1v) is 5.39. The van der Waals surface area contributed by atoms with E-state index in [-0.39, 0.29) is 22.9 Å². The molecule has 0 aromatic heterocycles. The van der Waals surface area contributed by atoms with E-state index in [9.17, 15) is 9.59 Å². The number of nitrogens with one attached hydrogen (secondary N) is 1. The highest BCUT2D eigenvalue weighted by atomic mass is 32.2. The maximum absolute atomic E-state index is 11.2. The van der Waals surface area contributed by atoms with E-state index in [1.54, 1.807) is 0 Å². The summed E-state index contributed by atoms with van der Waals surface area (Å²) in [4.78, 5) is 22.0. The fraction of sp³-hybridized carbons (Fsp3) is 0.750. The van der Waals surface area contributed by atoms with Gasteiger partial charge in [-0.3, -0.25) is 15.0 Å². The molecule has 0 heterocycles. The van der Waals surface area contributed by atoms with Crippen molar-refractivity contribution in [1.82, 2.24) is 5.43 Å². The van der Waals surface area contributed by atoms with E-state index in [4.69, 9.17) is 5.84 Å². The number of hydrogen-bond donors (Lipinski definition) is 2. The van der Waals surface area contributed by atoms with Crippen LogP contribution in [-0.4, -0.2) is 30.0 Å². The normalized spacial score (nSPS) is 11.9. The molecular weight excluding hydrogens is 204 g/mol. The van der Waals surface area contributed by atoms with Crippen molar-refractivity contribution in [2.75, 3.05) is 12.9 Å². The third kappa shape index (κ3) is 5.08. The van der Waals surface area contributed by atoms with Crippen LogP contribution in [0.25, 0.3) is 0 Å². The average Bonchev–Trinajstić information content (AvgIpc) is 2.22. The molecule has 1 amide bonds. The Kier molecular flexibility index (Phi) is 7.23. The highest BCUT2D eigenvalue weighted by Gasteiger charge is 2.18. The quantitative estimate of drug-likeness (QED) is 0.286. The van der Waals surface area contributed by atoms with Crippen LogP contribution >= 0.6 is 11.8 Å². The zero-order valence-corrected chi connectivity index (χ0v) is 9.23. The van der Waals surface area contributed by atoms with E-state index < -0.39 is 0 Å². The largest absolute Gasteiger partial charge is 0.468 e. The van der Waals surface area contributed by atoms with Crippen LogP contribution in [0.1, 0.15) is 19.8 Å². The number of hydrazine groups is 1. The Labute approximate surface area is 87.7 Å². The van der Waals surface area contributed by atoms with E-state index >= 15 is 0 Å². The maximum Gasteiger partial charge on any atom is 0.315 e. The molecule has 0 spiro atoms. The molecule has 0 aromatic rings. The van der Waals surface area contributed by atoms with Crippen LogP contribution in [0.5, 0.6) is 0 Å². The number of carbonyl (C=O) groups is 2. The molecule has 5 nitrogen and oxygen atoms in total. The van der Waals surface area contributed by atoms with Gasteiger partial charge in [0.1, 0.15) is 0 Å². The number of methoxy groups -OCH3 is 1. The van der Waals surface area contributed by atoms with Crippen molar-refractivity contribution < 1.29 is 14.3 Å². The van der Waals surface area contributed by atoms with Gasteiger partial charge in [-0.05, 0) is 6.42 Å². The molecule has 0 aliphatic carbocycles. The summed E-state index contributed by atoms with van der Waals surface area (Å²) in [6.07, 6.45) is 1.57. The van der Waals surface area contributed by atoms with Crippen LogP contribution in [0.15, 0.2) is 0 Å². The fourth-order valence-corrected chi connectivity index (χ4v) is 1.95. The Morgan fingerprint density at radius 2 is 2.21 bits per heavy atom. The molecule has 1 unspecified atom stereocenters. The van der Waals surface area contributed by atoms with Crippen LogP contribution in [-0.2, 0) is 14.3 Å². The Balaban J connectivity index is 3.96. The van der Waals surface area contributed by atoms with Gasteiger partial charge in [-0.25, -0.2) is 5.84 Å². The monoisotopic (exact) mass is 220 g/mol. The lowest BCUT2D eigenvalue weighted by Gasteiger charge is -2.12. The molecular formula is C8H16N2O3S. The van der Waals surface area contributed by atoms with Crippen LogP contribution in [0, 0.1) is 0 Å². The Hall–Kier alpha value is -0.750. The second-order valence-corrected chi connectivity index (χ2v) is 3.86. The Morgan fingerprint density at radius 1 is 1.57 bits per heavy atom. The number of ether oxygens (including phenoxy) is 1. The van der Waals surface area contributed by atoms with Crippen molar-refractivity contribution in [3.8, 4) is 0 Å². The molecule has 0 aromatic carbocycles. The smallest absolute Gasteiger partial charge is 0.315 e. The average molecular weight is 220 g/mol. The summed E-state index contributed by atoms with van der Waals surface area (Å²) in [5.41, 5.74) is 2.08. The van der Waals surface area contributed by atoms with Gasteiger partial charge in [-0.1, -0.05) is 13.3 Å². The number of thioether (sulfide) groups is 1. The highest BCUT2D eigenvalue weighted by molar-refractivity contribution is 8.01. The van der Waals surface area contributed by atoms with Gasteiger partial charge in [-0.2, -0.15) is 0 Å². The summed E-state index contributed by atoms with van der Waals surface area (Å²) in [6, 6.07) is 0. The number of hydrogen-bond acceptors (Lipinski definition) is 5. The van der Waals surface area contributed by atoms with Gasteiger partial charge in [0.05, 0.1) is 18.1 Å². The molecule has 1 atom stereocenters.